The summed E-state index contributed by atoms with van der Waals surface area (Å²) in [6.07, 6.45) is 2.71. The van der Waals surface area contributed by atoms with Crippen LogP contribution in [0.4, 0.5) is 0 Å². The quantitative estimate of drug-likeness (QED) is 0.461. The van der Waals surface area contributed by atoms with E-state index in [0.717, 1.165) is 0 Å². The van der Waals surface area contributed by atoms with E-state index in [0.29, 0.717) is 21.4 Å². The lowest BCUT2D eigenvalue weighted by atomic mass is 10.1. The minimum atomic E-state index is -0.148. The third-order valence-corrected chi connectivity index (χ3v) is 2.87. The summed E-state index contributed by atoms with van der Waals surface area (Å²) in [4.78, 5) is 11.8. The summed E-state index contributed by atoms with van der Waals surface area (Å²) in [5.74, 6) is 0.468. The first kappa shape index (κ1) is 13.7. The molecule has 0 saturated heterocycles. The van der Waals surface area contributed by atoms with Crippen LogP contribution >= 0.6 is 23.2 Å². The molecule has 0 aromatic heterocycles. The largest absolute Gasteiger partial charge is 0.465 e. The number of allylic oxidation sites excluding steroid dienone is 1. The molecule has 0 aliphatic heterocycles. The Balaban J connectivity index is 1.97. The summed E-state index contributed by atoms with van der Waals surface area (Å²) in [5, 5.41) is 1.23. The first-order chi connectivity index (χ1) is 9.15. The number of carbonyl (C=O) groups excluding carboxylic acids is 1. The lowest BCUT2D eigenvalue weighted by Crippen LogP contribution is -1.94. The molecule has 0 atom stereocenters. The molecule has 96 valence electrons. The Labute approximate surface area is 121 Å². The number of benzene rings is 2. The van der Waals surface area contributed by atoms with Crippen LogP contribution in [0.25, 0.3) is 0 Å². The summed E-state index contributed by atoms with van der Waals surface area (Å²) in [6.45, 7) is 0. The Morgan fingerprint density at radius 1 is 0.895 bits per heavy atom. The van der Waals surface area contributed by atoms with Crippen molar-refractivity contribution >= 4 is 29.0 Å². The predicted octanol–water partition coefficient (Wildman–Crippen LogP) is 4.77. The van der Waals surface area contributed by atoms with Crippen molar-refractivity contribution in [1.82, 2.24) is 0 Å². The Kier molecular flexibility index (Phi) is 4.61. The smallest absolute Gasteiger partial charge is 0.188 e. The van der Waals surface area contributed by atoms with E-state index in [-0.39, 0.29) is 5.78 Å². The van der Waals surface area contributed by atoms with Crippen molar-refractivity contribution in [3.63, 3.8) is 0 Å². The average Bonchev–Trinajstić information content (AvgIpc) is 2.41. The van der Waals surface area contributed by atoms with Crippen LogP contribution in [0, 0.1) is 0 Å². The SMILES string of the molecule is O=C(/C=C/Oc1ccc(Cl)cc1)c1ccc(Cl)cc1. The molecule has 0 radical (unpaired) electrons. The number of ketones is 1. The molecule has 2 rings (SSSR count). The molecule has 0 saturated carbocycles. The molecule has 19 heavy (non-hydrogen) atoms. The highest BCUT2D eigenvalue weighted by molar-refractivity contribution is 6.30. The molecular weight excluding hydrogens is 283 g/mol. The fourth-order valence-corrected chi connectivity index (χ4v) is 1.65. The van der Waals surface area contributed by atoms with Gasteiger partial charge >= 0.3 is 0 Å². The topological polar surface area (TPSA) is 26.3 Å². The number of hydrogen-bond acceptors (Lipinski definition) is 2. The summed E-state index contributed by atoms with van der Waals surface area (Å²) < 4.78 is 5.29. The second kappa shape index (κ2) is 6.41. The second-order valence-electron chi connectivity index (χ2n) is 3.75. The zero-order valence-corrected chi connectivity index (χ0v) is 11.4. The standard InChI is InChI=1S/C15H10Cl2O2/c16-12-3-1-11(2-4-12)15(18)9-10-19-14-7-5-13(17)6-8-14/h1-10H/b10-9+. The van der Waals surface area contributed by atoms with Crippen molar-refractivity contribution in [1.29, 1.82) is 0 Å². The summed E-state index contributed by atoms with van der Waals surface area (Å²) in [7, 11) is 0. The monoisotopic (exact) mass is 292 g/mol. The van der Waals surface area contributed by atoms with E-state index >= 15 is 0 Å². The molecule has 0 aliphatic rings. The van der Waals surface area contributed by atoms with E-state index in [1.54, 1.807) is 48.5 Å². The molecule has 0 unspecified atom stereocenters. The van der Waals surface area contributed by atoms with Gasteiger partial charge in [0.15, 0.2) is 5.78 Å². The molecule has 2 nitrogen and oxygen atoms in total. The summed E-state index contributed by atoms with van der Waals surface area (Å²) >= 11 is 11.5. The highest BCUT2D eigenvalue weighted by Gasteiger charge is 2.01. The third kappa shape index (κ3) is 4.12. The molecule has 0 aliphatic carbocycles. The van der Waals surface area contributed by atoms with Crippen molar-refractivity contribution in [2.24, 2.45) is 0 Å². The molecule has 4 heteroatoms. The maximum atomic E-state index is 11.8. The van der Waals surface area contributed by atoms with E-state index < -0.39 is 0 Å². The Bertz CT molecular complexity index is 587. The Morgan fingerprint density at radius 2 is 1.42 bits per heavy atom. The van der Waals surface area contributed by atoms with E-state index in [2.05, 4.69) is 0 Å². The van der Waals surface area contributed by atoms with Crippen LogP contribution in [-0.2, 0) is 0 Å². The van der Waals surface area contributed by atoms with Gasteiger partial charge in [0.1, 0.15) is 5.75 Å². The lowest BCUT2D eigenvalue weighted by molar-refractivity contribution is 0.104. The lowest BCUT2D eigenvalue weighted by Gasteiger charge is -1.99. The fourth-order valence-electron chi connectivity index (χ4n) is 1.40. The number of rotatable bonds is 4. The van der Waals surface area contributed by atoms with Crippen molar-refractivity contribution in [3.05, 3.63) is 76.5 Å². The maximum absolute atomic E-state index is 11.8. The fraction of sp³-hybridized carbons (Fsp3) is 0. The molecule has 0 fully saturated rings. The molecule has 0 N–H and O–H groups in total. The van der Waals surface area contributed by atoms with Gasteiger partial charge in [0.2, 0.25) is 0 Å². The van der Waals surface area contributed by atoms with Crippen LogP contribution in [0.5, 0.6) is 5.75 Å². The highest BCUT2D eigenvalue weighted by atomic mass is 35.5. The minimum Gasteiger partial charge on any atom is -0.465 e. The van der Waals surface area contributed by atoms with E-state index in [1.807, 2.05) is 0 Å². The van der Waals surface area contributed by atoms with E-state index in [4.69, 9.17) is 27.9 Å². The van der Waals surface area contributed by atoms with Gasteiger partial charge in [-0.05, 0) is 48.5 Å². The average molecular weight is 293 g/mol. The van der Waals surface area contributed by atoms with Crippen LogP contribution in [0.15, 0.2) is 60.9 Å². The third-order valence-electron chi connectivity index (χ3n) is 2.37. The first-order valence-electron chi connectivity index (χ1n) is 5.54. The van der Waals surface area contributed by atoms with Gasteiger partial charge in [-0.3, -0.25) is 4.79 Å². The van der Waals surface area contributed by atoms with E-state index in [1.165, 1.54) is 12.3 Å². The van der Waals surface area contributed by atoms with Crippen molar-refractivity contribution in [2.75, 3.05) is 0 Å². The minimum absolute atomic E-state index is 0.148. The predicted molar refractivity (Wildman–Crippen MR) is 77.0 cm³/mol. The zero-order valence-electron chi connectivity index (χ0n) is 9.85. The molecule has 0 bridgehead atoms. The van der Waals surface area contributed by atoms with Gasteiger partial charge in [-0.2, -0.15) is 0 Å². The molecule has 0 heterocycles. The maximum Gasteiger partial charge on any atom is 0.188 e. The van der Waals surface area contributed by atoms with Crippen LogP contribution in [0.3, 0.4) is 0 Å². The van der Waals surface area contributed by atoms with Gasteiger partial charge in [-0.15, -0.1) is 0 Å². The summed E-state index contributed by atoms with van der Waals surface area (Å²) in [5.41, 5.74) is 0.556. The molecule has 0 amide bonds. The van der Waals surface area contributed by atoms with Gasteiger partial charge in [0.25, 0.3) is 0 Å². The van der Waals surface area contributed by atoms with Gasteiger partial charge in [-0.25, -0.2) is 0 Å². The van der Waals surface area contributed by atoms with Crippen molar-refractivity contribution in [2.45, 2.75) is 0 Å². The Hall–Kier alpha value is -1.77. The van der Waals surface area contributed by atoms with Crippen LogP contribution < -0.4 is 4.74 Å². The molecule has 0 spiro atoms. The number of halogens is 2. The van der Waals surface area contributed by atoms with Crippen LogP contribution in [0.1, 0.15) is 10.4 Å². The number of carbonyl (C=O) groups is 1. The zero-order chi connectivity index (χ0) is 13.7. The second-order valence-corrected chi connectivity index (χ2v) is 4.62. The van der Waals surface area contributed by atoms with Crippen molar-refractivity contribution in [3.8, 4) is 5.75 Å². The van der Waals surface area contributed by atoms with Crippen LogP contribution in [-0.4, -0.2) is 5.78 Å². The summed E-state index contributed by atoms with van der Waals surface area (Å²) in [6, 6.07) is 13.5. The van der Waals surface area contributed by atoms with Gasteiger partial charge in [0, 0.05) is 21.7 Å². The van der Waals surface area contributed by atoms with Crippen molar-refractivity contribution < 1.29 is 9.53 Å². The molecule has 2 aromatic carbocycles. The van der Waals surface area contributed by atoms with Gasteiger partial charge in [0.05, 0.1) is 6.26 Å². The normalized spacial score (nSPS) is 10.6. The van der Waals surface area contributed by atoms with E-state index in [9.17, 15) is 4.79 Å². The number of hydrogen-bond donors (Lipinski definition) is 0. The van der Waals surface area contributed by atoms with Gasteiger partial charge < -0.3 is 4.74 Å². The van der Waals surface area contributed by atoms with Gasteiger partial charge in [-0.1, -0.05) is 23.2 Å². The molecular formula is C15H10Cl2O2. The molecule has 2 aromatic rings. The highest BCUT2D eigenvalue weighted by Crippen LogP contribution is 2.16. The van der Waals surface area contributed by atoms with Crippen LogP contribution in [0.2, 0.25) is 10.0 Å². The number of ether oxygens (including phenoxy) is 1. The first-order valence-corrected chi connectivity index (χ1v) is 6.29. The Morgan fingerprint density at radius 3 is 2.00 bits per heavy atom.